The predicted octanol–water partition coefficient (Wildman–Crippen LogP) is 3.46. The summed E-state index contributed by atoms with van der Waals surface area (Å²) in [5, 5.41) is 0. The van der Waals surface area contributed by atoms with E-state index in [0.717, 1.165) is 6.42 Å². The van der Waals surface area contributed by atoms with Gasteiger partial charge in [-0.15, -0.1) is 0 Å². The monoisotopic (exact) mass is 161 g/mol. The average Bonchev–Trinajstić information content (AvgIpc) is 2.04. The van der Waals surface area contributed by atoms with Crippen molar-refractivity contribution < 1.29 is 0 Å². The van der Waals surface area contributed by atoms with Gasteiger partial charge in [0.1, 0.15) is 0 Å². The molecule has 12 heavy (non-hydrogen) atoms. The molecule has 0 amide bonds. The number of benzene rings is 1. The molecule has 0 aliphatic rings. The third-order valence-corrected chi connectivity index (χ3v) is 1.95. The van der Waals surface area contributed by atoms with Crippen LogP contribution in [0.3, 0.4) is 0 Å². The molecule has 0 fully saturated rings. The number of aryl methyl sites for hydroxylation is 1. The molecular weight excluding hydrogens is 144 g/mol. The second-order valence-electron chi connectivity index (χ2n) is 3.46. The Balaban J connectivity index is 2.82. The van der Waals surface area contributed by atoms with Gasteiger partial charge in [0.2, 0.25) is 0 Å². The molecular formula is C12H17. The molecule has 0 N–H and O–H groups in total. The van der Waals surface area contributed by atoms with Crippen LogP contribution in [0.2, 0.25) is 0 Å². The van der Waals surface area contributed by atoms with Gasteiger partial charge >= 0.3 is 0 Å². The quantitative estimate of drug-likeness (QED) is 0.637. The molecule has 1 aromatic carbocycles. The zero-order valence-corrected chi connectivity index (χ0v) is 8.17. The maximum atomic E-state index is 2.32. The van der Waals surface area contributed by atoms with Crippen LogP contribution in [0.15, 0.2) is 24.3 Å². The Hall–Kier alpha value is -0.780. The number of rotatable bonds is 3. The smallest absolute Gasteiger partial charge is 0.00647 e. The zero-order valence-electron chi connectivity index (χ0n) is 8.17. The van der Waals surface area contributed by atoms with Crippen molar-refractivity contribution in [1.29, 1.82) is 0 Å². The Bertz CT molecular complexity index is 236. The minimum Gasteiger partial charge on any atom is -0.0622 e. The number of hydrogen-bond acceptors (Lipinski definition) is 0. The Labute approximate surface area is 75.6 Å². The van der Waals surface area contributed by atoms with E-state index >= 15 is 0 Å². The van der Waals surface area contributed by atoms with Crippen LogP contribution < -0.4 is 0 Å². The zero-order chi connectivity index (χ0) is 8.97. The first kappa shape index (κ1) is 9.31. The maximum absolute atomic E-state index is 2.32. The third-order valence-electron chi connectivity index (χ3n) is 1.95. The van der Waals surface area contributed by atoms with Gasteiger partial charge in [-0.2, -0.15) is 0 Å². The lowest BCUT2D eigenvalue weighted by Crippen LogP contribution is -1.95. The van der Waals surface area contributed by atoms with Crippen LogP contribution in [-0.2, 0) is 6.42 Å². The lowest BCUT2D eigenvalue weighted by atomic mass is 9.97. The summed E-state index contributed by atoms with van der Waals surface area (Å²) in [6.45, 7) is 6.63. The third kappa shape index (κ3) is 2.37. The van der Waals surface area contributed by atoms with E-state index < -0.39 is 0 Å². The Morgan fingerprint density at radius 3 is 2.50 bits per heavy atom. The molecule has 0 aliphatic heterocycles. The van der Waals surface area contributed by atoms with Crippen molar-refractivity contribution in [1.82, 2.24) is 0 Å². The normalized spacial score (nSPS) is 10.7. The van der Waals surface area contributed by atoms with Gasteiger partial charge < -0.3 is 0 Å². The first-order valence-corrected chi connectivity index (χ1v) is 4.66. The van der Waals surface area contributed by atoms with Gasteiger partial charge in [0, 0.05) is 0 Å². The Morgan fingerprint density at radius 1 is 1.25 bits per heavy atom. The fourth-order valence-electron chi connectivity index (χ4n) is 1.38. The summed E-state index contributed by atoms with van der Waals surface area (Å²) in [7, 11) is 0. The highest BCUT2D eigenvalue weighted by atomic mass is 14.1. The molecule has 1 rings (SSSR count). The summed E-state index contributed by atoms with van der Waals surface area (Å²) >= 11 is 0. The Morgan fingerprint density at radius 2 is 1.92 bits per heavy atom. The highest BCUT2D eigenvalue weighted by Gasteiger charge is 2.01. The molecule has 0 nitrogen and oxygen atoms in total. The number of hydrogen-bond donors (Lipinski definition) is 0. The molecule has 0 spiro atoms. The van der Waals surface area contributed by atoms with Crippen molar-refractivity contribution in [2.24, 2.45) is 5.92 Å². The van der Waals surface area contributed by atoms with Gasteiger partial charge in [-0.3, -0.25) is 0 Å². The van der Waals surface area contributed by atoms with Crippen LogP contribution in [0.5, 0.6) is 0 Å². The standard InChI is InChI=1S/C12H17/c1-4-11-7-5-6-8-12(11)9-10(2)3/h5-10H,4H2,1-3H3. The van der Waals surface area contributed by atoms with Gasteiger partial charge in [0.25, 0.3) is 0 Å². The molecule has 1 radical (unpaired) electrons. The fourth-order valence-corrected chi connectivity index (χ4v) is 1.38. The molecule has 0 bridgehead atoms. The van der Waals surface area contributed by atoms with Gasteiger partial charge in [-0.25, -0.2) is 0 Å². The van der Waals surface area contributed by atoms with E-state index in [1.165, 1.54) is 11.1 Å². The van der Waals surface area contributed by atoms with Crippen molar-refractivity contribution in [3.8, 4) is 0 Å². The molecule has 0 saturated carbocycles. The van der Waals surface area contributed by atoms with Crippen LogP contribution in [0, 0.1) is 12.3 Å². The van der Waals surface area contributed by atoms with E-state index in [1.54, 1.807) is 0 Å². The second kappa shape index (κ2) is 4.30. The highest BCUT2D eigenvalue weighted by molar-refractivity contribution is 5.33. The van der Waals surface area contributed by atoms with Crippen LogP contribution in [-0.4, -0.2) is 0 Å². The largest absolute Gasteiger partial charge is 0.0622 e. The maximum Gasteiger partial charge on any atom is -0.00647 e. The van der Waals surface area contributed by atoms with E-state index in [-0.39, 0.29) is 0 Å². The van der Waals surface area contributed by atoms with Gasteiger partial charge in [0.15, 0.2) is 0 Å². The van der Waals surface area contributed by atoms with Crippen LogP contribution in [0.25, 0.3) is 0 Å². The molecule has 0 heteroatoms. The van der Waals surface area contributed by atoms with E-state index in [0.29, 0.717) is 5.92 Å². The molecule has 0 saturated heterocycles. The lowest BCUT2D eigenvalue weighted by molar-refractivity contribution is 0.772. The molecule has 1 aromatic rings. The minimum atomic E-state index is 0.637. The topological polar surface area (TPSA) is 0 Å². The van der Waals surface area contributed by atoms with Crippen molar-refractivity contribution in [3.63, 3.8) is 0 Å². The summed E-state index contributed by atoms with van der Waals surface area (Å²) in [5.41, 5.74) is 2.85. The van der Waals surface area contributed by atoms with Crippen molar-refractivity contribution >= 4 is 0 Å². The summed E-state index contributed by atoms with van der Waals surface area (Å²) < 4.78 is 0. The SMILES string of the molecule is CCc1ccccc1[CH]C(C)C. The lowest BCUT2D eigenvalue weighted by Gasteiger charge is -2.08. The van der Waals surface area contributed by atoms with Crippen LogP contribution >= 0.6 is 0 Å². The van der Waals surface area contributed by atoms with Crippen molar-refractivity contribution in [3.05, 3.63) is 41.8 Å². The van der Waals surface area contributed by atoms with Crippen LogP contribution in [0.1, 0.15) is 31.9 Å². The summed E-state index contributed by atoms with van der Waals surface area (Å²) in [5.74, 6) is 0.637. The average molecular weight is 161 g/mol. The summed E-state index contributed by atoms with van der Waals surface area (Å²) in [6.07, 6.45) is 3.44. The highest BCUT2D eigenvalue weighted by Crippen LogP contribution is 2.15. The van der Waals surface area contributed by atoms with Crippen LogP contribution in [0.4, 0.5) is 0 Å². The molecule has 0 unspecified atom stereocenters. The van der Waals surface area contributed by atoms with E-state index in [4.69, 9.17) is 0 Å². The molecule has 0 aromatic heterocycles. The fraction of sp³-hybridized carbons (Fsp3) is 0.417. The van der Waals surface area contributed by atoms with Gasteiger partial charge in [-0.1, -0.05) is 45.0 Å². The first-order chi connectivity index (χ1) is 5.74. The van der Waals surface area contributed by atoms with E-state index in [2.05, 4.69) is 51.5 Å². The summed E-state index contributed by atoms with van der Waals surface area (Å²) in [4.78, 5) is 0. The molecule has 0 heterocycles. The summed E-state index contributed by atoms with van der Waals surface area (Å²) in [6, 6.07) is 8.61. The van der Waals surface area contributed by atoms with E-state index in [9.17, 15) is 0 Å². The van der Waals surface area contributed by atoms with Gasteiger partial charge in [-0.05, 0) is 29.9 Å². The van der Waals surface area contributed by atoms with Crippen molar-refractivity contribution in [2.45, 2.75) is 27.2 Å². The minimum absolute atomic E-state index is 0.637. The molecule has 0 atom stereocenters. The van der Waals surface area contributed by atoms with Gasteiger partial charge in [0.05, 0.1) is 0 Å². The van der Waals surface area contributed by atoms with Crippen molar-refractivity contribution in [2.75, 3.05) is 0 Å². The molecule has 0 aliphatic carbocycles. The van der Waals surface area contributed by atoms with E-state index in [1.807, 2.05) is 0 Å². The first-order valence-electron chi connectivity index (χ1n) is 4.66. The molecule has 65 valence electrons. The Kier molecular flexibility index (Phi) is 3.33. The predicted molar refractivity (Wildman–Crippen MR) is 54.1 cm³/mol. The second-order valence-corrected chi connectivity index (χ2v) is 3.46.